The Hall–Kier alpha value is -3.19. The first-order chi connectivity index (χ1) is 15.8. The first-order valence-electron chi connectivity index (χ1n) is 11.3. The van der Waals surface area contributed by atoms with Crippen LogP contribution in [-0.4, -0.2) is 54.1 Å². The molecule has 3 aromatic rings. The largest absolute Gasteiger partial charge is 0.369 e. The predicted octanol–water partition coefficient (Wildman–Crippen LogP) is 4.78. The first kappa shape index (κ1) is 23.0. The Morgan fingerprint density at radius 3 is 2.42 bits per heavy atom. The van der Waals surface area contributed by atoms with Gasteiger partial charge in [0.2, 0.25) is 0 Å². The van der Waals surface area contributed by atoms with Gasteiger partial charge in [0.05, 0.1) is 5.69 Å². The highest BCUT2D eigenvalue weighted by atomic mass is 19.1. The summed E-state index contributed by atoms with van der Waals surface area (Å²) in [5.74, 6) is 0.627. The maximum Gasteiger partial charge on any atom is 0.253 e. The van der Waals surface area contributed by atoms with Crippen molar-refractivity contribution in [3.8, 4) is 11.1 Å². The van der Waals surface area contributed by atoms with E-state index in [0.29, 0.717) is 23.4 Å². The van der Waals surface area contributed by atoms with E-state index in [4.69, 9.17) is 10.3 Å². The molecule has 6 nitrogen and oxygen atoms in total. The van der Waals surface area contributed by atoms with Gasteiger partial charge in [-0.15, -0.1) is 0 Å². The summed E-state index contributed by atoms with van der Waals surface area (Å²) in [5, 5.41) is 4.27. The number of hydrogen-bond acceptors (Lipinski definition) is 4. The van der Waals surface area contributed by atoms with Gasteiger partial charge >= 0.3 is 0 Å². The summed E-state index contributed by atoms with van der Waals surface area (Å²) >= 11 is 0. The van der Waals surface area contributed by atoms with Crippen molar-refractivity contribution in [2.45, 2.75) is 38.1 Å². The van der Waals surface area contributed by atoms with E-state index in [0.717, 1.165) is 42.8 Å². The molecule has 0 atom stereocenters. The minimum atomic E-state index is -0.413. The SMILES string of the molecule is CN(C)C1CCN(C(N)=Nc2cc(C(C)(C)c3ccc(-c4ccccc4F)cc3)no2)CC1. The normalized spacial score (nSPS) is 15.9. The summed E-state index contributed by atoms with van der Waals surface area (Å²) < 4.78 is 19.6. The topological polar surface area (TPSA) is 70.9 Å². The minimum Gasteiger partial charge on any atom is -0.369 e. The van der Waals surface area contributed by atoms with Gasteiger partial charge in [0.25, 0.3) is 5.88 Å². The number of rotatable bonds is 5. The molecule has 0 spiro atoms. The Morgan fingerprint density at radius 2 is 1.79 bits per heavy atom. The van der Waals surface area contributed by atoms with Crippen LogP contribution in [0.3, 0.4) is 0 Å². The maximum absolute atomic E-state index is 14.1. The first-order valence-corrected chi connectivity index (χ1v) is 11.3. The average molecular weight is 450 g/mol. The van der Waals surface area contributed by atoms with Gasteiger partial charge in [0, 0.05) is 36.2 Å². The maximum atomic E-state index is 14.1. The van der Waals surface area contributed by atoms with E-state index in [1.807, 2.05) is 36.4 Å². The molecular formula is C26H32FN5O. The fourth-order valence-electron chi connectivity index (χ4n) is 4.32. The molecule has 1 aromatic heterocycles. The monoisotopic (exact) mass is 449 g/mol. The fraction of sp³-hybridized carbons (Fsp3) is 0.385. The van der Waals surface area contributed by atoms with E-state index >= 15 is 0 Å². The zero-order chi connectivity index (χ0) is 23.6. The number of piperidine rings is 1. The van der Waals surface area contributed by atoms with Crippen LogP contribution in [0.1, 0.15) is 37.9 Å². The number of hydrogen-bond donors (Lipinski definition) is 1. The highest BCUT2D eigenvalue weighted by Gasteiger charge is 2.28. The van der Waals surface area contributed by atoms with Crippen molar-refractivity contribution in [2.24, 2.45) is 10.7 Å². The Balaban J connectivity index is 1.48. The second-order valence-corrected chi connectivity index (χ2v) is 9.38. The van der Waals surface area contributed by atoms with Crippen molar-refractivity contribution < 1.29 is 8.91 Å². The molecule has 2 heterocycles. The number of likely N-dealkylation sites (tertiary alicyclic amines) is 1. The number of aliphatic imine (C=N–C) groups is 1. The molecular weight excluding hydrogens is 417 g/mol. The van der Waals surface area contributed by atoms with E-state index in [1.165, 1.54) is 6.07 Å². The number of nitrogens with two attached hydrogens (primary N) is 1. The summed E-state index contributed by atoms with van der Waals surface area (Å²) in [7, 11) is 4.23. The minimum absolute atomic E-state index is 0.230. The number of halogens is 1. The van der Waals surface area contributed by atoms with E-state index in [2.05, 4.69) is 47.9 Å². The molecule has 33 heavy (non-hydrogen) atoms. The number of nitrogens with zero attached hydrogens (tertiary/aromatic N) is 4. The molecule has 0 saturated carbocycles. The van der Waals surface area contributed by atoms with Crippen LogP contribution < -0.4 is 5.73 Å². The van der Waals surface area contributed by atoms with Crippen LogP contribution in [0.5, 0.6) is 0 Å². The van der Waals surface area contributed by atoms with Crippen LogP contribution in [0.15, 0.2) is 64.1 Å². The van der Waals surface area contributed by atoms with Gasteiger partial charge in [0.1, 0.15) is 5.82 Å². The third-order valence-corrected chi connectivity index (χ3v) is 6.67. The summed E-state index contributed by atoms with van der Waals surface area (Å²) in [6.07, 6.45) is 2.11. The van der Waals surface area contributed by atoms with Gasteiger partial charge in [0.15, 0.2) is 5.96 Å². The van der Waals surface area contributed by atoms with Gasteiger partial charge in [-0.25, -0.2) is 4.39 Å². The molecule has 0 aliphatic carbocycles. The number of guanidine groups is 1. The Morgan fingerprint density at radius 1 is 1.12 bits per heavy atom. The molecule has 0 bridgehead atoms. The van der Waals surface area contributed by atoms with Crippen molar-refractivity contribution in [1.82, 2.24) is 15.0 Å². The lowest BCUT2D eigenvalue weighted by Gasteiger charge is -2.35. The van der Waals surface area contributed by atoms with E-state index in [1.54, 1.807) is 12.1 Å². The van der Waals surface area contributed by atoms with E-state index in [9.17, 15) is 4.39 Å². The Bertz CT molecular complexity index is 1110. The number of benzene rings is 2. The molecule has 1 saturated heterocycles. The quantitative estimate of drug-likeness (QED) is 0.448. The van der Waals surface area contributed by atoms with E-state index < -0.39 is 5.41 Å². The van der Waals surface area contributed by atoms with Crippen LogP contribution in [0.2, 0.25) is 0 Å². The molecule has 0 amide bonds. The lowest BCUT2D eigenvalue weighted by molar-refractivity contribution is 0.190. The summed E-state index contributed by atoms with van der Waals surface area (Å²) in [6, 6.07) is 17.1. The van der Waals surface area contributed by atoms with Crippen molar-refractivity contribution >= 4 is 11.8 Å². The second kappa shape index (κ2) is 9.35. The van der Waals surface area contributed by atoms with Gasteiger partial charge in [-0.05, 0) is 44.1 Å². The standard InChI is InChI=1S/C26H32FN5O/c1-26(2,19-11-9-18(10-12-19)21-7-5-6-8-22(21)27)23-17-24(33-30-23)29-25(28)32-15-13-20(14-16-32)31(3)4/h5-12,17,20H,13-16H2,1-4H3,(H2,28,29). The molecule has 0 radical (unpaired) electrons. The van der Waals surface area contributed by atoms with Gasteiger partial charge in [-0.1, -0.05) is 61.5 Å². The molecule has 2 aromatic carbocycles. The smallest absolute Gasteiger partial charge is 0.253 e. The van der Waals surface area contributed by atoms with E-state index in [-0.39, 0.29) is 5.82 Å². The third-order valence-electron chi connectivity index (χ3n) is 6.67. The molecule has 0 unspecified atom stereocenters. The van der Waals surface area contributed by atoms with Gasteiger partial charge in [-0.2, -0.15) is 4.99 Å². The van der Waals surface area contributed by atoms with Crippen molar-refractivity contribution in [3.63, 3.8) is 0 Å². The lowest BCUT2D eigenvalue weighted by Crippen LogP contribution is -2.47. The highest BCUT2D eigenvalue weighted by Crippen LogP contribution is 2.34. The summed E-state index contributed by atoms with van der Waals surface area (Å²) in [6.45, 7) is 5.90. The van der Waals surface area contributed by atoms with Crippen LogP contribution in [0.25, 0.3) is 11.1 Å². The van der Waals surface area contributed by atoms with Crippen LogP contribution in [0.4, 0.5) is 10.3 Å². The van der Waals surface area contributed by atoms with Gasteiger partial charge in [-0.3, -0.25) is 0 Å². The van der Waals surface area contributed by atoms with Crippen molar-refractivity contribution in [3.05, 3.63) is 71.7 Å². The summed E-state index contributed by atoms with van der Waals surface area (Å²) in [4.78, 5) is 8.83. The highest BCUT2D eigenvalue weighted by molar-refractivity contribution is 5.80. The molecule has 2 N–H and O–H groups in total. The average Bonchev–Trinajstić information content (AvgIpc) is 3.29. The summed E-state index contributed by atoms with van der Waals surface area (Å²) in [5.41, 5.74) is 9.08. The third kappa shape index (κ3) is 4.93. The zero-order valence-corrected chi connectivity index (χ0v) is 19.8. The fourth-order valence-corrected chi connectivity index (χ4v) is 4.32. The molecule has 1 aliphatic heterocycles. The predicted molar refractivity (Wildman–Crippen MR) is 130 cm³/mol. The Kier molecular flexibility index (Phi) is 6.51. The molecule has 1 fully saturated rings. The van der Waals surface area contributed by atoms with Crippen LogP contribution >= 0.6 is 0 Å². The van der Waals surface area contributed by atoms with Gasteiger partial charge < -0.3 is 20.1 Å². The number of aromatic nitrogens is 1. The van der Waals surface area contributed by atoms with Crippen LogP contribution in [0, 0.1) is 5.82 Å². The Labute approximate surface area is 194 Å². The second-order valence-electron chi connectivity index (χ2n) is 9.38. The molecule has 4 rings (SSSR count). The molecule has 1 aliphatic rings. The molecule has 7 heteroatoms. The van der Waals surface area contributed by atoms with Crippen molar-refractivity contribution in [1.29, 1.82) is 0 Å². The zero-order valence-electron chi connectivity index (χ0n) is 19.8. The van der Waals surface area contributed by atoms with Crippen molar-refractivity contribution in [2.75, 3.05) is 27.2 Å². The lowest BCUT2D eigenvalue weighted by atomic mass is 9.81. The molecule has 174 valence electrons. The van der Waals surface area contributed by atoms with Crippen LogP contribution in [-0.2, 0) is 5.41 Å².